The zero-order chi connectivity index (χ0) is 20.3. The smallest absolute Gasteiger partial charge is 0.307 e. The van der Waals surface area contributed by atoms with Crippen LogP contribution in [0.25, 0.3) is 0 Å². The van der Waals surface area contributed by atoms with Crippen molar-refractivity contribution in [3.05, 3.63) is 63.4 Å². The fourth-order valence-electron chi connectivity index (χ4n) is 4.02. The number of pyridine rings is 1. The van der Waals surface area contributed by atoms with Gasteiger partial charge in [0.2, 0.25) is 0 Å². The summed E-state index contributed by atoms with van der Waals surface area (Å²) in [7, 11) is 0. The van der Waals surface area contributed by atoms with Crippen molar-refractivity contribution in [1.82, 2.24) is 9.88 Å². The van der Waals surface area contributed by atoms with Gasteiger partial charge < -0.3 is 5.11 Å². The Morgan fingerprint density at radius 1 is 1.36 bits per heavy atom. The van der Waals surface area contributed by atoms with Gasteiger partial charge in [-0.15, -0.1) is 0 Å². The number of carboxylic acids is 1. The van der Waals surface area contributed by atoms with E-state index in [0.29, 0.717) is 12.5 Å². The van der Waals surface area contributed by atoms with E-state index in [0.717, 1.165) is 48.6 Å². The third-order valence-corrected chi connectivity index (χ3v) is 6.32. The van der Waals surface area contributed by atoms with Crippen molar-refractivity contribution >= 4 is 17.6 Å². The number of rotatable bonds is 7. The van der Waals surface area contributed by atoms with E-state index in [1.165, 1.54) is 16.7 Å². The molecule has 28 heavy (non-hydrogen) atoms. The van der Waals surface area contributed by atoms with Gasteiger partial charge in [0.25, 0.3) is 0 Å². The Morgan fingerprint density at radius 2 is 2.14 bits per heavy atom. The molecule has 2 atom stereocenters. The lowest BCUT2D eigenvalue weighted by Crippen LogP contribution is -2.23. The van der Waals surface area contributed by atoms with Gasteiger partial charge in [0, 0.05) is 30.0 Å². The number of halogens is 1. The van der Waals surface area contributed by atoms with Gasteiger partial charge in [-0.3, -0.25) is 14.7 Å². The Labute approximate surface area is 172 Å². The van der Waals surface area contributed by atoms with Gasteiger partial charge >= 0.3 is 5.97 Å². The molecule has 0 aliphatic carbocycles. The van der Waals surface area contributed by atoms with Crippen molar-refractivity contribution in [2.45, 2.75) is 52.5 Å². The lowest BCUT2D eigenvalue weighted by atomic mass is 9.89. The molecule has 1 saturated heterocycles. The van der Waals surface area contributed by atoms with E-state index in [-0.39, 0.29) is 5.92 Å². The quantitative estimate of drug-likeness (QED) is 0.710. The summed E-state index contributed by atoms with van der Waals surface area (Å²) in [5.41, 5.74) is 5.88. The number of aliphatic carboxylic acids is 1. The lowest BCUT2D eigenvalue weighted by molar-refractivity contribution is -0.141. The number of aromatic nitrogens is 1. The largest absolute Gasteiger partial charge is 0.481 e. The third-order valence-electron chi connectivity index (χ3n) is 5.89. The highest BCUT2D eigenvalue weighted by atomic mass is 35.5. The molecule has 0 amide bonds. The minimum atomic E-state index is -0.685. The highest BCUT2D eigenvalue weighted by molar-refractivity contribution is 6.31. The first-order valence-electron chi connectivity index (χ1n) is 10.0. The summed E-state index contributed by atoms with van der Waals surface area (Å²) >= 11 is 6.19. The minimum absolute atomic E-state index is 0.242. The Balaban J connectivity index is 1.73. The first-order valence-corrected chi connectivity index (χ1v) is 10.4. The predicted molar refractivity (Wildman–Crippen MR) is 113 cm³/mol. The summed E-state index contributed by atoms with van der Waals surface area (Å²) in [6.07, 6.45) is 4.70. The maximum atomic E-state index is 11.2. The number of hydrogen-bond donors (Lipinski definition) is 1. The van der Waals surface area contributed by atoms with Gasteiger partial charge in [-0.25, -0.2) is 0 Å². The molecule has 1 aliphatic rings. The van der Waals surface area contributed by atoms with Crippen LogP contribution >= 0.6 is 11.6 Å². The normalized spacial score (nSPS) is 18.4. The molecule has 1 fully saturated rings. The van der Waals surface area contributed by atoms with Gasteiger partial charge in [-0.05, 0) is 73.9 Å². The number of likely N-dealkylation sites (tertiary alicyclic amines) is 1. The van der Waals surface area contributed by atoms with Crippen LogP contribution in [0.15, 0.2) is 30.5 Å². The molecule has 0 unspecified atom stereocenters. The Hall–Kier alpha value is -1.91. The molecule has 4 nitrogen and oxygen atoms in total. The number of aryl methyl sites for hydroxylation is 2. The van der Waals surface area contributed by atoms with Crippen molar-refractivity contribution in [1.29, 1.82) is 0 Å². The van der Waals surface area contributed by atoms with Crippen molar-refractivity contribution in [2.75, 3.05) is 13.1 Å². The van der Waals surface area contributed by atoms with Crippen molar-refractivity contribution < 1.29 is 9.90 Å². The zero-order valence-corrected chi connectivity index (χ0v) is 17.7. The van der Waals surface area contributed by atoms with Gasteiger partial charge in [0.15, 0.2) is 0 Å². The molecule has 1 aliphatic heterocycles. The van der Waals surface area contributed by atoms with Crippen LogP contribution in [-0.2, 0) is 17.8 Å². The number of benzene rings is 1. The molecule has 0 radical (unpaired) electrons. The van der Waals surface area contributed by atoms with E-state index in [1.807, 2.05) is 26.1 Å². The Kier molecular flexibility index (Phi) is 6.73. The van der Waals surface area contributed by atoms with Gasteiger partial charge in [0.05, 0.1) is 5.92 Å². The van der Waals surface area contributed by atoms with E-state index in [9.17, 15) is 9.90 Å². The highest BCUT2D eigenvalue weighted by Crippen LogP contribution is 2.28. The van der Waals surface area contributed by atoms with Gasteiger partial charge in [-0.1, -0.05) is 36.7 Å². The summed E-state index contributed by atoms with van der Waals surface area (Å²) < 4.78 is 0. The summed E-state index contributed by atoms with van der Waals surface area (Å²) in [5.74, 6) is -0.499. The van der Waals surface area contributed by atoms with E-state index < -0.39 is 5.97 Å². The summed E-state index contributed by atoms with van der Waals surface area (Å²) in [5, 5.41) is 10.0. The number of carbonyl (C=O) groups is 1. The fourth-order valence-corrected chi connectivity index (χ4v) is 4.14. The van der Waals surface area contributed by atoms with Crippen LogP contribution in [0, 0.1) is 19.8 Å². The van der Waals surface area contributed by atoms with Crippen molar-refractivity contribution in [2.24, 2.45) is 5.92 Å². The molecule has 2 aromatic rings. The molecule has 2 heterocycles. The zero-order valence-electron chi connectivity index (χ0n) is 16.9. The van der Waals surface area contributed by atoms with Gasteiger partial charge in [0.1, 0.15) is 0 Å². The van der Waals surface area contributed by atoms with E-state index >= 15 is 0 Å². The molecule has 150 valence electrons. The summed E-state index contributed by atoms with van der Waals surface area (Å²) in [6, 6.07) is 8.55. The first-order chi connectivity index (χ1) is 13.4. The maximum absolute atomic E-state index is 11.2. The topological polar surface area (TPSA) is 53.4 Å². The third kappa shape index (κ3) is 4.92. The minimum Gasteiger partial charge on any atom is -0.481 e. The second kappa shape index (κ2) is 9.06. The summed E-state index contributed by atoms with van der Waals surface area (Å²) in [4.78, 5) is 18.1. The van der Waals surface area contributed by atoms with Crippen molar-refractivity contribution in [3.8, 4) is 0 Å². The van der Waals surface area contributed by atoms with Crippen LogP contribution in [0.1, 0.15) is 53.6 Å². The lowest BCUT2D eigenvalue weighted by Gasteiger charge is -2.19. The molecule has 1 aromatic carbocycles. The number of hydrogen-bond acceptors (Lipinski definition) is 3. The molecule has 1 N–H and O–H groups in total. The van der Waals surface area contributed by atoms with Gasteiger partial charge in [-0.2, -0.15) is 0 Å². The number of nitrogens with zero attached hydrogens (tertiary/aromatic N) is 2. The van der Waals surface area contributed by atoms with E-state index in [4.69, 9.17) is 11.6 Å². The average Bonchev–Trinajstić information content (AvgIpc) is 3.13. The molecule has 3 rings (SSSR count). The SMILES string of the molecule is CC[C@@H](Cc1cnc(C)c(CN2CC[C@@H](C(=O)O)C2)c1)c1ccc(Cl)c(C)c1. The van der Waals surface area contributed by atoms with Crippen LogP contribution in [0.2, 0.25) is 5.02 Å². The molecular formula is C23H29ClN2O2. The van der Waals surface area contributed by atoms with Crippen LogP contribution < -0.4 is 0 Å². The highest BCUT2D eigenvalue weighted by Gasteiger charge is 2.28. The Bertz CT molecular complexity index is 852. The molecule has 0 saturated carbocycles. The van der Waals surface area contributed by atoms with E-state index in [2.05, 4.69) is 35.0 Å². The predicted octanol–water partition coefficient (Wildman–Crippen LogP) is 4.99. The first kappa shape index (κ1) is 20.8. The molecule has 0 bridgehead atoms. The molecule has 1 aromatic heterocycles. The van der Waals surface area contributed by atoms with Crippen LogP contribution in [0.4, 0.5) is 0 Å². The monoisotopic (exact) mass is 400 g/mol. The summed E-state index contributed by atoms with van der Waals surface area (Å²) in [6.45, 7) is 8.53. The molecular weight excluding hydrogens is 372 g/mol. The standard InChI is InChI=1S/C23H29ClN2O2/c1-4-18(19-5-6-22(24)15(2)9-19)10-17-11-21(16(3)25-12-17)14-26-8-7-20(13-26)23(27)28/h5-6,9,11-12,18,20H,4,7-8,10,13-14H2,1-3H3,(H,27,28)/t18-,20+/m0/s1. The average molecular weight is 401 g/mol. The fraction of sp³-hybridized carbons (Fsp3) is 0.478. The van der Waals surface area contributed by atoms with Crippen LogP contribution in [-0.4, -0.2) is 34.0 Å². The maximum Gasteiger partial charge on any atom is 0.307 e. The molecule has 5 heteroatoms. The second-order valence-corrected chi connectivity index (χ2v) is 8.37. The second-order valence-electron chi connectivity index (χ2n) is 7.96. The molecule has 0 spiro atoms. The van der Waals surface area contributed by atoms with Crippen LogP contribution in [0.5, 0.6) is 0 Å². The van der Waals surface area contributed by atoms with Crippen molar-refractivity contribution in [3.63, 3.8) is 0 Å². The van der Waals surface area contributed by atoms with E-state index in [1.54, 1.807) is 0 Å². The van der Waals surface area contributed by atoms with Crippen LogP contribution in [0.3, 0.4) is 0 Å². The Morgan fingerprint density at radius 3 is 2.79 bits per heavy atom. The number of carboxylic acid groups (broad SMARTS) is 1.